The van der Waals surface area contributed by atoms with Crippen LogP contribution in [0.25, 0.3) is 0 Å². The molecule has 0 fully saturated rings. The number of hydrogen-bond donors (Lipinski definition) is 2. The molecule has 0 bridgehead atoms. The number of rotatable bonds is 6. The number of benzene rings is 1. The Kier molecular flexibility index (Phi) is 5.16. The van der Waals surface area contributed by atoms with E-state index in [1.165, 1.54) is 0 Å². The van der Waals surface area contributed by atoms with Gasteiger partial charge in [-0.05, 0) is 51.1 Å². The zero-order chi connectivity index (χ0) is 13.7. The number of carboxylic acids is 1. The first kappa shape index (κ1) is 14.5. The van der Waals surface area contributed by atoms with Crippen LogP contribution < -0.4 is 10.1 Å². The van der Waals surface area contributed by atoms with Crippen LogP contribution in [0.2, 0.25) is 0 Å². The topological polar surface area (TPSA) is 58.6 Å². The highest BCUT2D eigenvalue weighted by atomic mass is 16.5. The summed E-state index contributed by atoms with van der Waals surface area (Å²) in [6, 6.07) is 3.97. The zero-order valence-electron chi connectivity index (χ0n) is 11.4. The zero-order valence-corrected chi connectivity index (χ0v) is 11.4. The fraction of sp³-hybridized carbons (Fsp3) is 0.500. The third kappa shape index (κ3) is 3.47. The van der Waals surface area contributed by atoms with Crippen molar-refractivity contribution in [2.45, 2.75) is 33.3 Å². The van der Waals surface area contributed by atoms with Gasteiger partial charge in [0.15, 0.2) is 6.10 Å². The fourth-order valence-corrected chi connectivity index (χ4v) is 1.76. The normalized spacial score (nSPS) is 12.2. The van der Waals surface area contributed by atoms with E-state index in [9.17, 15) is 4.79 Å². The molecule has 1 atom stereocenters. The van der Waals surface area contributed by atoms with Crippen LogP contribution in [0.3, 0.4) is 0 Å². The second kappa shape index (κ2) is 6.40. The Bertz CT molecular complexity index is 429. The van der Waals surface area contributed by atoms with E-state index in [2.05, 4.69) is 5.32 Å². The van der Waals surface area contributed by atoms with Crippen molar-refractivity contribution >= 4 is 5.97 Å². The van der Waals surface area contributed by atoms with Crippen LogP contribution in [-0.2, 0) is 4.79 Å². The average Bonchev–Trinajstić information content (AvgIpc) is 2.33. The summed E-state index contributed by atoms with van der Waals surface area (Å²) in [6.45, 7) is 6.49. The second-order valence-electron chi connectivity index (χ2n) is 4.49. The molecule has 1 aromatic carbocycles. The third-order valence-corrected chi connectivity index (χ3v) is 3.07. The van der Waals surface area contributed by atoms with E-state index in [0.29, 0.717) is 18.7 Å². The molecular weight excluding hydrogens is 230 g/mol. The molecule has 0 radical (unpaired) electrons. The summed E-state index contributed by atoms with van der Waals surface area (Å²) in [5, 5.41) is 12.1. The van der Waals surface area contributed by atoms with E-state index in [1.54, 1.807) is 7.05 Å². The lowest BCUT2D eigenvalue weighted by molar-refractivity contribution is -0.145. The van der Waals surface area contributed by atoms with Crippen molar-refractivity contribution < 1.29 is 14.6 Å². The third-order valence-electron chi connectivity index (χ3n) is 3.07. The van der Waals surface area contributed by atoms with Gasteiger partial charge in [-0.1, -0.05) is 12.1 Å². The first-order chi connectivity index (χ1) is 8.47. The molecule has 0 saturated carbocycles. The molecule has 0 amide bonds. The maximum Gasteiger partial charge on any atom is 0.344 e. The first-order valence-electron chi connectivity index (χ1n) is 6.08. The van der Waals surface area contributed by atoms with Gasteiger partial charge in [0, 0.05) is 6.42 Å². The number of nitrogens with one attached hydrogen (secondary N) is 1. The molecule has 100 valence electrons. The highest BCUT2D eigenvalue weighted by Gasteiger charge is 2.20. The van der Waals surface area contributed by atoms with Gasteiger partial charge in [-0.15, -0.1) is 0 Å². The number of ether oxygens (including phenoxy) is 1. The summed E-state index contributed by atoms with van der Waals surface area (Å²) >= 11 is 0. The number of aryl methyl sites for hydroxylation is 2. The first-order valence-corrected chi connectivity index (χ1v) is 6.08. The van der Waals surface area contributed by atoms with Gasteiger partial charge in [-0.25, -0.2) is 4.79 Å². The Balaban J connectivity index is 2.93. The summed E-state index contributed by atoms with van der Waals surface area (Å²) in [6.07, 6.45) is -0.366. The fourth-order valence-electron chi connectivity index (χ4n) is 1.76. The van der Waals surface area contributed by atoms with E-state index < -0.39 is 12.1 Å². The summed E-state index contributed by atoms with van der Waals surface area (Å²) in [4.78, 5) is 11.2. The molecule has 0 spiro atoms. The quantitative estimate of drug-likeness (QED) is 0.812. The van der Waals surface area contributed by atoms with Crippen LogP contribution in [0.1, 0.15) is 23.1 Å². The minimum Gasteiger partial charge on any atom is -0.479 e. The van der Waals surface area contributed by atoms with E-state index in [0.717, 1.165) is 16.7 Å². The number of carboxylic acid groups (broad SMARTS) is 1. The maximum absolute atomic E-state index is 11.2. The van der Waals surface area contributed by atoms with E-state index >= 15 is 0 Å². The lowest BCUT2D eigenvalue weighted by Crippen LogP contribution is -2.31. The molecule has 0 aromatic heterocycles. The van der Waals surface area contributed by atoms with Crippen LogP contribution in [0.4, 0.5) is 0 Å². The van der Waals surface area contributed by atoms with Crippen molar-refractivity contribution in [2.24, 2.45) is 0 Å². The van der Waals surface area contributed by atoms with Gasteiger partial charge < -0.3 is 15.2 Å². The molecule has 1 unspecified atom stereocenters. The van der Waals surface area contributed by atoms with Crippen molar-refractivity contribution in [3.8, 4) is 5.75 Å². The molecule has 0 aliphatic carbocycles. The molecule has 1 rings (SSSR count). The van der Waals surface area contributed by atoms with Crippen LogP contribution in [0.15, 0.2) is 12.1 Å². The number of carbonyl (C=O) groups is 1. The standard InChI is InChI=1S/C14H21NO3/c1-9-5-6-10(2)13(11(9)3)18-12(14(16)17)7-8-15-4/h5-6,12,15H,7-8H2,1-4H3,(H,16,17). The van der Waals surface area contributed by atoms with Gasteiger partial charge in [0.05, 0.1) is 0 Å². The molecular formula is C14H21NO3. The largest absolute Gasteiger partial charge is 0.479 e. The maximum atomic E-state index is 11.2. The number of hydrogen-bond acceptors (Lipinski definition) is 3. The van der Waals surface area contributed by atoms with Crippen LogP contribution in [-0.4, -0.2) is 30.8 Å². The molecule has 4 nitrogen and oxygen atoms in total. The predicted octanol–water partition coefficient (Wildman–Crippen LogP) is 2.05. The van der Waals surface area contributed by atoms with Crippen LogP contribution >= 0.6 is 0 Å². The Morgan fingerprint density at radius 3 is 2.50 bits per heavy atom. The van der Waals surface area contributed by atoms with Crippen LogP contribution in [0.5, 0.6) is 5.75 Å². The van der Waals surface area contributed by atoms with Gasteiger partial charge in [-0.2, -0.15) is 0 Å². The van der Waals surface area contributed by atoms with Crippen molar-refractivity contribution in [2.75, 3.05) is 13.6 Å². The molecule has 4 heteroatoms. The molecule has 0 heterocycles. The molecule has 2 N–H and O–H groups in total. The molecule has 0 aliphatic rings. The lowest BCUT2D eigenvalue weighted by atomic mass is 10.1. The smallest absolute Gasteiger partial charge is 0.344 e. The lowest BCUT2D eigenvalue weighted by Gasteiger charge is -2.19. The van der Waals surface area contributed by atoms with Gasteiger partial charge in [0.2, 0.25) is 0 Å². The Hall–Kier alpha value is -1.55. The van der Waals surface area contributed by atoms with Gasteiger partial charge >= 0.3 is 5.97 Å². The Morgan fingerprint density at radius 2 is 1.94 bits per heavy atom. The minimum atomic E-state index is -0.925. The highest BCUT2D eigenvalue weighted by molar-refractivity contribution is 5.73. The predicted molar refractivity (Wildman–Crippen MR) is 71.2 cm³/mol. The summed E-state index contributed by atoms with van der Waals surface area (Å²) < 4.78 is 5.68. The van der Waals surface area contributed by atoms with Crippen molar-refractivity contribution in [3.63, 3.8) is 0 Å². The molecule has 0 saturated heterocycles. The summed E-state index contributed by atoms with van der Waals surface area (Å²) in [7, 11) is 1.79. The van der Waals surface area contributed by atoms with Crippen molar-refractivity contribution in [1.29, 1.82) is 0 Å². The van der Waals surface area contributed by atoms with E-state index in [-0.39, 0.29) is 0 Å². The van der Waals surface area contributed by atoms with Gasteiger partial charge in [-0.3, -0.25) is 0 Å². The highest BCUT2D eigenvalue weighted by Crippen LogP contribution is 2.27. The summed E-state index contributed by atoms with van der Waals surface area (Å²) in [5.74, 6) is -0.232. The van der Waals surface area contributed by atoms with Crippen molar-refractivity contribution in [1.82, 2.24) is 5.32 Å². The summed E-state index contributed by atoms with van der Waals surface area (Å²) in [5.41, 5.74) is 3.08. The van der Waals surface area contributed by atoms with E-state index in [1.807, 2.05) is 32.9 Å². The Labute approximate surface area is 108 Å². The molecule has 0 aliphatic heterocycles. The van der Waals surface area contributed by atoms with Gasteiger partial charge in [0.25, 0.3) is 0 Å². The monoisotopic (exact) mass is 251 g/mol. The average molecular weight is 251 g/mol. The second-order valence-corrected chi connectivity index (χ2v) is 4.49. The Morgan fingerprint density at radius 1 is 1.33 bits per heavy atom. The van der Waals surface area contributed by atoms with Crippen LogP contribution in [0, 0.1) is 20.8 Å². The minimum absolute atomic E-state index is 0.443. The molecule has 18 heavy (non-hydrogen) atoms. The number of aliphatic carboxylic acids is 1. The van der Waals surface area contributed by atoms with E-state index in [4.69, 9.17) is 9.84 Å². The SMILES string of the molecule is CNCCC(Oc1c(C)ccc(C)c1C)C(=O)O. The molecule has 1 aromatic rings. The van der Waals surface area contributed by atoms with Crippen molar-refractivity contribution in [3.05, 3.63) is 28.8 Å². The van der Waals surface area contributed by atoms with Gasteiger partial charge in [0.1, 0.15) is 5.75 Å².